The molecule has 2 saturated heterocycles. The quantitative estimate of drug-likeness (QED) is 0.778. The Morgan fingerprint density at radius 2 is 1.92 bits per heavy atom. The highest BCUT2D eigenvalue weighted by atomic mass is 16.3. The van der Waals surface area contributed by atoms with Crippen LogP contribution in [0.1, 0.15) is 23.4 Å². The summed E-state index contributed by atoms with van der Waals surface area (Å²) in [7, 11) is 0. The average Bonchev–Trinajstić information content (AvgIpc) is 3.28. The summed E-state index contributed by atoms with van der Waals surface area (Å²) in [4.78, 5) is 14.7. The van der Waals surface area contributed by atoms with Gasteiger partial charge in [-0.3, -0.25) is 4.79 Å². The number of nitrogens with zero attached hydrogens (tertiary/aromatic N) is 1. The van der Waals surface area contributed by atoms with Gasteiger partial charge in [-0.25, -0.2) is 0 Å². The number of rotatable bonds is 2. The van der Waals surface area contributed by atoms with E-state index in [2.05, 4.69) is 5.32 Å². The topological polar surface area (TPSA) is 58.6 Å². The average molecular weight is 336 g/mol. The van der Waals surface area contributed by atoms with Crippen molar-refractivity contribution in [3.05, 3.63) is 48.6 Å². The Balaban J connectivity index is 1.37. The minimum absolute atomic E-state index is 0.00483. The Morgan fingerprint density at radius 3 is 2.68 bits per heavy atom. The molecule has 0 atom stereocenters. The van der Waals surface area contributed by atoms with Crippen LogP contribution < -0.4 is 5.32 Å². The second kappa shape index (κ2) is 5.49. The first kappa shape index (κ1) is 14.8. The van der Waals surface area contributed by atoms with Crippen molar-refractivity contribution in [2.75, 3.05) is 26.2 Å². The Labute approximate surface area is 145 Å². The van der Waals surface area contributed by atoms with Crippen molar-refractivity contribution in [3.63, 3.8) is 0 Å². The van der Waals surface area contributed by atoms with Gasteiger partial charge in [0.2, 0.25) is 0 Å². The molecule has 2 fully saturated rings. The fourth-order valence-corrected chi connectivity index (χ4v) is 4.08. The zero-order valence-corrected chi connectivity index (χ0v) is 14.0. The van der Waals surface area contributed by atoms with Crippen molar-refractivity contribution in [1.29, 1.82) is 0 Å². The van der Waals surface area contributed by atoms with Gasteiger partial charge in [-0.1, -0.05) is 12.1 Å². The summed E-state index contributed by atoms with van der Waals surface area (Å²) in [5.41, 5.74) is 3.09. The fourth-order valence-electron chi connectivity index (χ4n) is 4.08. The molecular formula is C20H20N2O3. The van der Waals surface area contributed by atoms with Crippen LogP contribution in [0.4, 0.5) is 0 Å². The van der Waals surface area contributed by atoms with Crippen LogP contribution in [-0.4, -0.2) is 37.0 Å². The van der Waals surface area contributed by atoms with Crippen molar-refractivity contribution >= 4 is 16.9 Å². The lowest BCUT2D eigenvalue weighted by molar-refractivity contribution is -0.0131. The van der Waals surface area contributed by atoms with E-state index in [9.17, 15) is 4.79 Å². The summed E-state index contributed by atoms with van der Waals surface area (Å²) in [6, 6.07) is 9.73. The van der Waals surface area contributed by atoms with E-state index in [4.69, 9.17) is 8.83 Å². The summed E-state index contributed by atoms with van der Waals surface area (Å²) in [5.74, 6) is 0.438. The predicted molar refractivity (Wildman–Crippen MR) is 94.4 cm³/mol. The van der Waals surface area contributed by atoms with Crippen LogP contribution in [0.15, 0.2) is 51.7 Å². The minimum Gasteiger partial charge on any atom is -0.472 e. The van der Waals surface area contributed by atoms with Crippen LogP contribution in [0.5, 0.6) is 0 Å². The Morgan fingerprint density at radius 1 is 1.08 bits per heavy atom. The molecule has 0 bridgehead atoms. The van der Waals surface area contributed by atoms with Gasteiger partial charge in [-0.05, 0) is 49.7 Å². The molecule has 128 valence electrons. The van der Waals surface area contributed by atoms with Gasteiger partial charge in [-0.15, -0.1) is 0 Å². The van der Waals surface area contributed by atoms with Crippen LogP contribution in [0.2, 0.25) is 0 Å². The number of carbonyl (C=O) groups is 1. The zero-order chi connectivity index (χ0) is 16.9. The van der Waals surface area contributed by atoms with Gasteiger partial charge in [0.15, 0.2) is 5.76 Å². The van der Waals surface area contributed by atoms with Gasteiger partial charge in [0.25, 0.3) is 5.91 Å². The molecule has 0 radical (unpaired) electrons. The number of hydrogen-bond donors (Lipinski definition) is 1. The fraction of sp³-hybridized carbons (Fsp3) is 0.350. The molecule has 1 aromatic carbocycles. The maximum atomic E-state index is 12.7. The van der Waals surface area contributed by atoms with E-state index < -0.39 is 0 Å². The van der Waals surface area contributed by atoms with Gasteiger partial charge < -0.3 is 19.1 Å². The largest absolute Gasteiger partial charge is 0.472 e. The summed E-state index contributed by atoms with van der Waals surface area (Å²) in [6.45, 7) is 3.82. The number of benzene rings is 1. The molecule has 1 spiro atoms. The number of furan rings is 2. The molecule has 5 heteroatoms. The minimum atomic E-state index is 0.00483. The summed E-state index contributed by atoms with van der Waals surface area (Å²) in [5, 5.41) is 4.34. The smallest absolute Gasteiger partial charge is 0.289 e. The molecule has 25 heavy (non-hydrogen) atoms. The van der Waals surface area contributed by atoms with Crippen molar-refractivity contribution in [3.8, 4) is 11.1 Å². The van der Waals surface area contributed by atoms with E-state index >= 15 is 0 Å². The zero-order valence-electron chi connectivity index (χ0n) is 14.0. The Bertz CT molecular complexity index is 912. The summed E-state index contributed by atoms with van der Waals surface area (Å²) < 4.78 is 11.0. The molecule has 0 saturated carbocycles. The molecule has 4 heterocycles. The maximum absolute atomic E-state index is 12.7. The number of amides is 1. The SMILES string of the molecule is O=C(c1cc2ccc(-c3ccoc3)cc2o1)N1CC2(CCNCC2)C1. The summed E-state index contributed by atoms with van der Waals surface area (Å²) >= 11 is 0. The number of carbonyl (C=O) groups excluding carboxylic acids is 1. The number of hydrogen-bond acceptors (Lipinski definition) is 4. The van der Waals surface area contributed by atoms with Crippen molar-refractivity contribution in [1.82, 2.24) is 10.2 Å². The molecule has 5 rings (SSSR count). The van der Waals surface area contributed by atoms with E-state index in [0.29, 0.717) is 11.2 Å². The van der Waals surface area contributed by atoms with E-state index in [1.54, 1.807) is 12.5 Å². The van der Waals surface area contributed by atoms with Crippen molar-refractivity contribution in [2.45, 2.75) is 12.8 Å². The number of likely N-dealkylation sites (tertiary alicyclic amines) is 1. The lowest BCUT2D eigenvalue weighted by atomic mass is 9.72. The molecular weight excluding hydrogens is 316 g/mol. The lowest BCUT2D eigenvalue weighted by Crippen LogP contribution is -2.61. The molecule has 5 nitrogen and oxygen atoms in total. The van der Waals surface area contributed by atoms with Crippen LogP contribution >= 0.6 is 0 Å². The first-order valence-corrected chi connectivity index (χ1v) is 8.79. The number of fused-ring (bicyclic) bond motifs is 1. The number of piperidine rings is 1. The van der Waals surface area contributed by atoms with Gasteiger partial charge in [0.05, 0.1) is 12.5 Å². The molecule has 0 aliphatic carbocycles. The third-order valence-corrected chi connectivity index (χ3v) is 5.59. The molecule has 0 unspecified atom stereocenters. The molecule has 1 N–H and O–H groups in total. The number of nitrogens with one attached hydrogen (secondary N) is 1. The second-order valence-electron chi connectivity index (χ2n) is 7.29. The third-order valence-electron chi connectivity index (χ3n) is 5.59. The van der Waals surface area contributed by atoms with Crippen molar-refractivity contribution in [2.24, 2.45) is 5.41 Å². The van der Waals surface area contributed by atoms with Gasteiger partial charge in [0.1, 0.15) is 5.58 Å². The van der Waals surface area contributed by atoms with Gasteiger partial charge >= 0.3 is 0 Å². The van der Waals surface area contributed by atoms with E-state index in [-0.39, 0.29) is 5.91 Å². The van der Waals surface area contributed by atoms with Crippen LogP contribution in [0.3, 0.4) is 0 Å². The van der Waals surface area contributed by atoms with E-state index in [0.717, 1.165) is 61.1 Å². The van der Waals surface area contributed by atoms with Gasteiger partial charge in [-0.2, -0.15) is 0 Å². The predicted octanol–water partition coefficient (Wildman–Crippen LogP) is 3.52. The van der Waals surface area contributed by atoms with Crippen LogP contribution in [-0.2, 0) is 0 Å². The first-order valence-electron chi connectivity index (χ1n) is 8.79. The molecule has 3 aromatic rings. The lowest BCUT2D eigenvalue weighted by Gasteiger charge is -2.52. The highest BCUT2D eigenvalue weighted by molar-refractivity contribution is 5.97. The second-order valence-corrected chi connectivity index (χ2v) is 7.29. The normalized spacial score (nSPS) is 19.3. The van der Waals surface area contributed by atoms with Crippen molar-refractivity contribution < 1.29 is 13.6 Å². The van der Waals surface area contributed by atoms with Crippen LogP contribution in [0.25, 0.3) is 22.1 Å². The standard InChI is InChI=1S/C20H20N2O3/c23-19(22-12-20(13-22)4-6-21-7-5-20)18-10-15-2-1-14(9-17(15)25-18)16-3-8-24-11-16/h1-3,8-11,21H,4-7,12-13H2. The van der Waals surface area contributed by atoms with Crippen LogP contribution in [0, 0.1) is 5.41 Å². The molecule has 2 aromatic heterocycles. The molecule has 2 aliphatic heterocycles. The van der Waals surface area contributed by atoms with E-state index in [1.165, 1.54) is 0 Å². The Kier molecular flexibility index (Phi) is 3.25. The summed E-state index contributed by atoms with van der Waals surface area (Å²) in [6.07, 6.45) is 5.67. The monoisotopic (exact) mass is 336 g/mol. The van der Waals surface area contributed by atoms with Gasteiger partial charge in [0, 0.05) is 29.5 Å². The highest BCUT2D eigenvalue weighted by Gasteiger charge is 2.46. The highest BCUT2D eigenvalue weighted by Crippen LogP contribution is 2.39. The third kappa shape index (κ3) is 2.46. The molecule has 2 aliphatic rings. The Hall–Kier alpha value is -2.53. The van der Waals surface area contributed by atoms with E-state index in [1.807, 2.05) is 35.2 Å². The maximum Gasteiger partial charge on any atom is 0.289 e. The first-order chi connectivity index (χ1) is 12.2. The molecule has 1 amide bonds.